The zero-order valence-corrected chi connectivity index (χ0v) is 13.7. The maximum atomic E-state index is 11.9. The summed E-state index contributed by atoms with van der Waals surface area (Å²) in [5.41, 5.74) is 2.45. The first-order valence-corrected chi connectivity index (χ1v) is 7.62. The number of nitrogens with zero attached hydrogens (tertiary/aromatic N) is 5. The minimum Gasteiger partial charge on any atom is -0.482 e. The van der Waals surface area contributed by atoms with Crippen LogP contribution < -0.4 is 9.64 Å². The number of ether oxygens (including phenoxy) is 1. The number of benzene rings is 1. The number of anilines is 1. The van der Waals surface area contributed by atoms with Gasteiger partial charge >= 0.3 is 0 Å². The van der Waals surface area contributed by atoms with Gasteiger partial charge in [0.25, 0.3) is 5.91 Å². The number of hydrogen-bond acceptors (Lipinski definition) is 4. The molecule has 24 heavy (non-hydrogen) atoms. The van der Waals surface area contributed by atoms with Gasteiger partial charge in [-0.25, -0.2) is 9.97 Å². The third kappa shape index (κ3) is 2.17. The summed E-state index contributed by atoms with van der Waals surface area (Å²) >= 11 is 0. The van der Waals surface area contributed by atoms with E-state index in [0.29, 0.717) is 5.75 Å². The van der Waals surface area contributed by atoms with Crippen molar-refractivity contribution >= 4 is 11.6 Å². The molecule has 3 heterocycles. The molecular weight excluding hydrogens is 306 g/mol. The Kier molecular flexibility index (Phi) is 3.16. The van der Waals surface area contributed by atoms with Gasteiger partial charge in [-0.1, -0.05) is 0 Å². The van der Waals surface area contributed by atoms with Crippen molar-refractivity contribution in [2.75, 3.05) is 18.6 Å². The van der Waals surface area contributed by atoms with E-state index in [-0.39, 0.29) is 12.5 Å². The molecule has 0 saturated heterocycles. The van der Waals surface area contributed by atoms with Crippen LogP contribution >= 0.6 is 0 Å². The number of carbonyl (C=O) groups is 1. The van der Waals surface area contributed by atoms with E-state index in [1.54, 1.807) is 18.1 Å². The Balaban J connectivity index is 1.81. The predicted octanol–water partition coefficient (Wildman–Crippen LogP) is 1.94. The number of carbonyl (C=O) groups excluding carboxylic acids is 1. The van der Waals surface area contributed by atoms with Gasteiger partial charge in [0.05, 0.1) is 5.69 Å². The van der Waals surface area contributed by atoms with Gasteiger partial charge in [0, 0.05) is 38.4 Å². The lowest BCUT2D eigenvalue weighted by atomic mass is 10.2. The predicted molar refractivity (Wildman–Crippen MR) is 89.4 cm³/mol. The van der Waals surface area contributed by atoms with E-state index in [2.05, 4.69) is 9.97 Å². The molecule has 122 valence electrons. The molecule has 1 aromatic carbocycles. The summed E-state index contributed by atoms with van der Waals surface area (Å²) in [5.74, 6) is 2.31. The summed E-state index contributed by atoms with van der Waals surface area (Å²) in [7, 11) is 3.71. The normalized spacial score (nSPS) is 13.8. The molecule has 0 atom stereocenters. The van der Waals surface area contributed by atoms with Crippen LogP contribution in [0.3, 0.4) is 0 Å². The zero-order chi connectivity index (χ0) is 16.8. The lowest BCUT2D eigenvalue weighted by Crippen LogP contribution is -2.35. The van der Waals surface area contributed by atoms with E-state index in [1.807, 2.05) is 53.7 Å². The van der Waals surface area contributed by atoms with Crippen molar-refractivity contribution in [2.45, 2.75) is 6.92 Å². The molecule has 7 heteroatoms. The Morgan fingerprint density at radius 3 is 2.83 bits per heavy atom. The first-order valence-electron chi connectivity index (χ1n) is 7.62. The molecule has 1 aliphatic rings. The maximum Gasteiger partial charge on any atom is 0.264 e. The summed E-state index contributed by atoms with van der Waals surface area (Å²) in [6.45, 7) is 2.03. The number of likely N-dealkylation sites (N-methyl/N-ethyl adjacent to an activating group) is 1. The third-order valence-electron chi connectivity index (χ3n) is 4.29. The molecule has 0 saturated carbocycles. The first kappa shape index (κ1) is 14.5. The largest absolute Gasteiger partial charge is 0.482 e. The lowest BCUT2D eigenvalue weighted by Gasteiger charge is -2.26. The topological polar surface area (TPSA) is 65.2 Å². The molecule has 1 aliphatic heterocycles. The molecule has 0 bridgehead atoms. The van der Waals surface area contributed by atoms with Gasteiger partial charge in [-0.15, -0.1) is 0 Å². The summed E-state index contributed by atoms with van der Waals surface area (Å²) in [6.07, 6.45) is 5.57. The summed E-state index contributed by atoms with van der Waals surface area (Å²) in [4.78, 5) is 22.4. The smallest absolute Gasteiger partial charge is 0.264 e. The van der Waals surface area contributed by atoms with E-state index in [1.165, 1.54) is 0 Å². The van der Waals surface area contributed by atoms with Gasteiger partial charge in [-0.2, -0.15) is 0 Å². The average Bonchev–Trinajstić information content (AvgIpc) is 3.18. The molecule has 0 unspecified atom stereocenters. The first-order chi connectivity index (χ1) is 11.5. The molecule has 7 nitrogen and oxygen atoms in total. The van der Waals surface area contributed by atoms with Crippen LogP contribution in [0.15, 0.2) is 36.8 Å². The molecular formula is C17H17N5O2. The van der Waals surface area contributed by atoms with Gasteiger partial charge in [0.1, 0.15) is 17.3 Å². The number of aromatic nitrogens is 4. The van der Waals surface area contributed by atoms with Crippen LogP contribution in [0, 0.1) is 6.92 Å². The lowest BCUT2D eigenvalue weighted by molar-refractivity contribution is -0.120. The van der Waals surface area contributed by atoms with Crippen LogP contribution in [0.2, 0.25) is 0 Å². The monoisotopic (exact) mass is 323 g/mol. The van der Waals surface area contributed by atoms with Crippen LogP contribution in [0.5, 0.6) is 5.75 Å². The Morgan fingerprint density at radius 2 is 2.08 bits per heavy atom. The molecule has 0 radical (unpaired) electrons. The van der Waals surface area contributed by atoms with Crippen molar-refractivity contribution in [3.63, 3.8) is 0 Å². The highest BCUT2D eigenvalue weighted by molar-refractivity contribution is 5.97. The third-order valence-corrected chi connectivity index (χ3v) is 4.29. The quantitative estimate of drug-likeness (QED) is 0.723. The van der Waals surface area contributed by atoms with Crippen molar-refractivity contribution in [1.29, 1.82) is 0 Å². The van der Waals surface area contributed by atoms with Gasteiger partial charge in [0.2, 0.25) is 0 Å². The maximum absolute atomic E-state index is 11.9. The highest BCUT2D eigenvalue weighted by Crippen LogP contribution is 2.34. The number of hydrogen-bond donors (Lipinski definition) is 0. The van der Waals surface area contributed by atoms with E-state index >= 15 is 0 Å². The van der Waals surface area contributed by atoms with E-state index in [4.69, 9.17) is 4.74 Å². The molecule has 4 rings (SSSR count). The fourth-order valence-electron chi connectivity index (χ4n) is 2.78. The van der Waals surface area contributed by atoms with Crippen molar-refractivity contribution in [2.24, 2.45) is 7.05 Å². The second-order valence-electron chi connectivity index (χ2n) is 5.80. The van der Waals surface area contributed by atoms with E-state index < -0.39 is 0 Å². The SMILES string of the molecule is Cc1nc(-c2nccn2-c2ccc3c(c2)N(C)C(=O)CO3)cn1C. The fraction of sp³-hybridized carbons (Fsp3) is 0.235. The minimum absolute atomic E-state index is 0.0640. The van der Waals surface area contributed by atoms with Crippen LogP contribution in [0.25, 0.3) is 17.2 Å². The molecule has 0 N–H and O–H groups in total. The van der Waals surface area contributed by atoms with Crippen LogP contribution in [0.4, 0.5) is 5.69 Å². The summed E-state index contributed by atoms with van der Waals surface area (Å²) < 4.78 is 9.39. The Labute approximate surface area is 139 Å². The summed E-state index contributed by atoms with van der Waals surface area (Å²) in [6, 6.07) is 5.75. The number of fused-ring (bicyclic) bond motifs is 1. The second-order valence-corrected chi connectivity index (χ2v) is 5.80. The average molecular weight is 323 g/mol. The fourth-order valence-corrected chi connectivity index (χ4v) is 2.78. The number of aryl methyl sites for hydroxylation is 2. The van der Waals surface area contributed by atoms with Crippen LogP contribution in [-0.2, 0) is 11.8 Å². The van der Waals surface area contributed by atoms with Gasteiger partial charge in [-0.3, -0.25) is 9.36 Å². The second kappa shape index (κ2) is 5.23. The Bertz CT molecular complexity index is 921. The standard InChI is InChI=1S/C17H17N5O2/c1-11-19-13(9-20(11)2)17-18-6-7-22(17)12-4-5-15-14(8-12)21(3)16(23)10-24-15/h4-9H,10H2,1-3H3. The highest BCUT2D eigenvalue weighted by Gasteiger charge is 2.23. The molecule has 0 spiro atoms. The van der Waals surface area contributed by atoms with E-state index in [0.717, 1.165) is 28.7 Å². The molecule has 3 aromatic rings. The summed E-state index contributed by atoms with van der Waals surface area (Å²) in [5, 5.41) is 0. The highest BCUT2D eigenvalue weighted by atomic mass is 16.5. The molecule has 0 aliphatic carbocycles. The van der Waals surface area contributed by atoms with E-state index in [9.17, 15) is 4.79 Å². The Hall–Kier alpha value is -3.09. The van der Waals surface area contributed by atoms with Crippen molar-refractivity contribution in [3.8, 4) is 23.0 Å². The van der Waals surface area contributed by atoms with Crippen LogP contribution in [-0.4, -0.2) is 38.7 Å². The number of rotatable bonds is 2. The molecule has 1 amide bonds. The molecule has 2 aromatic heterocycles. The number of amides is 1. The van der Waals surface area contributed by atoms with Gasteiger partial charge < -0.3 is 14.2 Å². The van der Waals surface area contributed by atoms with Crippen LogP contribution in [0.1, 0.15) is 5.82 Å². The zero-order valence-electron chi connectivity index (χ0n) is 13.7. The van der Waals surface area contributed by atoms with Crippen molar-refractivity contribution in [1.82, 2.24) is 19.1 Å². The van der Waals surface area contributed by atoms with Crippen molar-refractivity contribution < 1.29 is 9.53 Å². The number of imidazole rings is 2. The van der Waals surface area contributed by atoms with Gasteiger partial charge in [-0.05, 0) is 25.1 Å². The van der Waals surface area contributed by atoms with Gasteiger partial charge in [0.15, 0.2) is 12.4 Å². The Morgan fingerprint density at radius 1 is 1.25 bits per heavy atom. The van der Waals surface area contributed by atoms with Crippen molar-refractivity contribution in [3.05, 3.63) is 42.6 Å². The minimum atomic E-state index is -0.0640. The molecule has 0 fully saturated rings.